The lowest BCUT2D eigenvalue weighted by Crippen LogP contribution is -2.51. The molecule has 4 aromatic rings. The summed E-state index contributed by atoms with van der Waals surface area (Å²) in [6.07, 6.45) is 60.3. The minimum absolute atomic E-state index is 0.0616. The first-order valence-corrected chi connectivity index (χ1v) is 41.2. The van der Waals surface area contributed by atoms with Crippen molar-refractivity contribution in [3.63, 3.8) is 0 Å². The predicted molar refractivity (Wildman–Crippen MR) is 380 cm³/mol. The molecule has 0 aromatic carbocycles. The van der Waals surface area contributed by atoms with Crippen LogP contribution in [0.25, 0.3) is 19.2 Å². The Hall–Kier alpha value is -1.60. The van der Waals surface area contributed by atoms with Gasteiger partial charge in [-0.05, 0) is 161 Å². The minimum atomic E-state index is 0.0616. The molecule has 0 saturated heterocycles. The van der Waals surface area contributed by atoms with Crippen molar-refractivity contribution in [2.75, 3.05) is 0 Å². The van der Waals surface area contributed by atoms with Crippen molar-refractivity contribution in [1.29, 1.82) is 0 Å². The summed E-state index contributed by atoms with van der Waals surface area (Å²) in [6.45, 7) is 13.9. The van der Waals surface area contributed by atoms with Crippen LogP contribution in [0, 0.1) is 84.9 Å². The maximum Gasteiger partial charge on any atom is 0.144 e. The van der Waals surface area contributed by atoms with E-state index in [1.807, 2.05) is 45.3 Å². The van der Waals surface area contributed by atoms with Gasteiger partial charge in [-0.1, -0.05) is 259 Å². The van der Waals surface area contributed by atoms with Crippen LogP contribution in [0.2, 0.25) is 0 Å². The van der Waals surface area contributed by atoms with Crippen molar-refractivity contribution in [1.82, 2.24) is 0 Å². The van der Waals surface area contributed by atoms with Gasteiger partial charge in [0.05, 0.1) is 11.8 Å². The summed E-state index contributed by atoms with van der Waals surface area (Å²) in [5, 5.41) is 0. The smallest absolute Gasteiger partial charge is 0.144 e. The van der Waals surface area contributed by atoms with Gasteiger partial charge >= 0.3 is 0 Å². The molecule has 0 radical (unpaired) electrons. The number of aryl methyl sites for hydroxylation is 2. The second kappa shape index (κ2) is 36.6. The second-order valence-electron chi connectivity index (χ2n) is 30.1. The van der Waals surface area contributed by atoms with Gasteiger partial charge in [0.15, 0.2) is 0 Å². The van der Waals surface area contributed by atoms with Crippen LogP contribution in [-0.2, 0) is 9.59 Å². The second-order valence-corrected chi connectivity index (χ2v) is 35.0. The molecule has 14 atom stereocenters. The molecule has 6 heteroatoms. The van der Waals surface area contributed by atoms with Crippen LogP contribution in [0.1, 0.15) is 342 Å². The number of carbonyl (C=O) groups excluding carboxylic acids is 2. The minimum Gasteiger partial charge on any atom is -0.299 e. The van der Waals surface area contributed by atoms with Gasteiger partial charge in [0.25, 0.3) is 0 Å². The summed E-state index contributed by atoms with van der Waals surface area (Å²) in [6, 6.07) is 14.2. The Morgan fingerprint density at radius 2 is 0.721 bits per heavy atom. The van der Waals surface area contributed by atoms with E-state index in [1.54, 1.807) is 0 Å². The Morgan fingerprint density at radius 1 is 0.349 bits per heavy atom. The zero-order valence-corrected chi connectivity index (χ0v) is 59.4. The van der Waals surface area contributed by atoms with Crippen molar-refractivity contribution in [2.24, 2.45) is 71.0 Å². The SMILES string of the molecule is CCCCCCCCCCCCC(CCCCCCCC)CC1CC2C(=O)C(c3ccc(C)s3)CC2C2CC3C(CC(CCCCCCCC)CCCCCCCCCCCC)CC4C(=O)C(c5ccc(-c6cc7sc(C)cc7s6)s5)CC4C3CC12. The normalized spacial score (nSPS) is 27.0. The molecule has 86 heavy (non-hydrogen) atoms. The summed E-state index contributed by atoms with van der Waals surface area (Å²) in [7, 11) is 0. The fourth-order valence-electron chi connectivity index (χ4n) is 19.3. The summed E-state index contributed by atoms with van der Waals surface area (Å²) in [5.41, 5.74) is 0. The third-order valence-electron chi connectivity index (χ3n) is 23.9. The topological polar surface area (TPSA) is 34.1 Å². The van der Waals surface area contributed by atoms with Crippen LogP contribution >= 0.6 is 45.3 Å². The highest BCUT2D eigenvalue weighted by atomic mass is 32.1. The van der Waals surface area contributed by atoms with Crippen molar-refractivity contribution in [3.05, 3.63) is 55.9 Å². The molecule has 5 aliphatic carbocycles. The standard InChI is InChI=1S/C80H126O2S4/c1-7-11-15-19-23-25-27-29-33-37-41-59(39-35-31-21-17-13-9-3)48-61-50-69-67(54-71(79(69)81)73-44-43-57(5)83-73)65-52-64-62(49-60(40-36-32-22-18-14-10-4)42-38-34-30-28-26-24-20-16-12-8-2)51-70-68(66(64)53-63(61)65)55-72(80(70)82)74-45-46-75(85-74)77-56-78-76(86-77)47-58(6)84-78/h43-47,56,59-72H,7-42,48-55H2,1-6H3. The van der Waals surface area contributed by atoms with Crippen molar-refractivity contribution in [2.45, 2.75) is 336 Å². The average molecular weight is 1250 g/mol. The van der Waals surface area contributed by atoms with Crippen LogP contribution < -0.4 is 0 Å². The lowest BCUT2D eigenvalue weighted by atomic mass is 9.47. The van der Waals surface area contributed by atoms with Gasteiger partial charge in [0.2, 0.25) is 0 Å². The zero-order chi connectivity index (χ0) is 60.0. The number of hydrogen-bond acceptors (Lipinski definition) is 6. The predicted octanol–water partition coefficient (Wildman–Crippen LogP) is 27.1. The molecule has 2 nitrogen and oxygen atoms in total. The molecule has 0 bridgehead atoms. The van der Waals surface area contributed by atoms with E-state index in [0.717, 1.165) is 37.5 Å². The monoisotopic (exact) mass is 1250 g/mol. The molecule has 0 amide bonds. The fraction of sp³-hybridized carbons (Fsp3) is 0.800. The van der Waals surface area contributed by atoms with Crippen LogP contribution in [0.15, 0.2) is 36.4 Å². The molecule has 5 aliphatic rings. The van der Waals surface area contributed by atoms with Gasteiger partial charge in [0, 0.05) is 50.5 Å². The van der Waals surface area contributed by atoms with E-state index < -0.39 is 0 Å². The zero-order valence-electron chi connectivity index (χ0n) is 56.1. The fourth-order valence-corrected chi connectivity index (χ4v) is 23.8. The number of carbonyl (C=O) groups is 2. The average Bonchev–Trinajstić information content (AvgIpc) is 1.53. The van der Waals surface area contributed by atoms with Crippen LogP contribution in [0.5, 0.6) is 0 Å². The summed E-state index contributed by atoms with van der Waals surface area (Å²) in [5.74, 6) is 8.56. The van der Waals surface area contributed by atoms with E-state index in [4.69, 9.17) is 0 Å². The molecule has 9 rings (SSSR count). The quantitative estimate of drug-likeness (QED) is 0.0414. The molecule has 482 valence electrons. The maximum atomic E-state index is 15.6. The Balaban J connectivity index is 0.981. The lowest BCUT2D eigenvalue weighted by molar-refractivity contribution is -0.133. The third-order valence-corrected chi connectivity index (χ3v) is 28.6. The molecule has 4 heterocycles. The van der Waals surface area contributed by atoms with E-state index in [-0.39, 0.29) is 23.7 Å². The van der Waals surface area contributed by atoms with Gasteiger partial charge in [-0.3, -0.25) is 9.59 Å². The van der Waals surface area contributed by atoms with E-state index in [0.29, 0.717) is 58.9 Å². The van der Waals surface area contributed by atoms with Crippen molar-refractivity contribution >= 4 is 66.3 Å². The molecule has 0 spiro atoms. The van der Waals surface area contributed by atoms with Crippen LogP contribution in [0.3, 0.4) is 0 Å². The number of ketones is 2. The maximum absolute atomic E-state index is 15.6. The first-order chi connectivity index (χ1) is 42.2. The first kappa shape index (κ1) is 68.8. The number of hydrogen-bond donors (Lipinski definition) is 0. The Bertz CT molecular complexity index is 2500. The van der Waals surface area contributed by atoms with Gasteiger partial charge < -0.3 is 0 Å². The van der Waals surface area contributed by atoms with E-state index in [2.05, 4.69) is 77.9 Å². The molecule has 5 fully saturated rings. The number of thiophene rings is 4. The number of Topliss-reactive ketones (excluding diaryl/α,β-unsaturated/α-hetero) is 2. The third kappa shape index (κ3) is 19.3. The van der Waals surface area contributed by atoms with E-state index in [9.17, 15) is 0 Å². The Morgan fingerprint density at radius 3 is 1.10 bits per heavy atom. The number of unbranched alkanes of at least 4 members (excludes halogenated alkanes) is 28. The van der Waals surface area contributed by atoms with E-state index in [1.165, 1.54) is 295 Å². The molecule has 4 aromatic heterocycles. The summed E-state index contributed by atoms with van der Waals surface area (Å²) in [4.78, 5) is 39.2. The van der Waals surface area contributed by atoms with Gasteiger partial charge in [-0.2, -0.15) is 0 Å². The molecular weight excluding hydrogens is 1120 g/mol. The molecule has 14 unspecified atom stereocenters. The molecular formula is C80H126O2S4. The summed E-state index contributed by atoms with van der Waals surface area (Å²) >= 11 is 7.75. The largest absolute Gasteiger partial charge is 0.299 e. The van der Waals surface area contributed by atoms with Crippen molar-refractivity contribution < 1.29 is 9.59 Å². The highest BCUT2D eigenvalue weighted by Gasteiger charge is 2.61. The summed E-state index contributed by atoms with van der Waals surface area (Å²) < 4.78 is 2.82. The van der Waals surface area contributed by atoms with Gasteiger partial charge in [-0.15, -0.1) is 45.3 Å². The van der Waals surface area contributed by atoms with Crippen LogP contribution in [0.4, 0.5) is 0 Å². The number of fused-ring (bicyclic) bond motifs is 7. The molecule has 0 N–H and O–H groups in total. The highest BCUT2D eigenvalue weighted by molar-refractivity contribution is 7.31. The molecule has 0 aliphatic heterocycles. The highest BCUT2D eigenvalue weighted by Crippen LogP contribution is 2.66. The van der Waals surface area contributed by atoms with Crippen molar-refractivity contribution in [3.8, 4) is 9.75 Å². The Labute approximate surface area is 544 Å². The van der Waals surface area contributed by atoms with Gasteiger partial charge in [0.1, 0.15) is 11.6 Å². The first-order valence-electron chi connectivity index (χ1n) is 37.9. The van der Waals surface area contributed by atoms with E-state index >= 15 is 9.59 Å². The lowest BCUT2D eigenvalue weighted by Gasteiger charge is -2.57. The Kier molecular flexibility index (Phi) is 29.3. The van der Waals surface area contributed by atoms with Gasteiger partial charge in [-0.25, -0.2) is 0 Å². The van der Waals surface area contributed by atoms with Crippen LogP contribution in [-0.4, -0.2) is 11.6 Å². The molecule has 5 saturated carbocycles. The number of rotatable bonds is 43.